The number of halogens is 2. The quantitative estimate of drug-likeness (QED) is 0.302. The van der Waals surface area contributed by atoms with Gasteiger partial charge in [-0.15, -0.1) is 0 Å². The lowest BCUT2D eigenvalue weighted by atomic mass is 10.1. The number of cyclic esters (lactones) is 1. The molecule has 1 aliphatic heterocycles. The van der Waals surface area contributed by atoms with Crippen LogP contribution in [-0.2, 0) is 16.1 Å². The van der Waals surface area contributed by atoms with Gasteiger partial charge in [-0.25, -0.2) is 14.2 Å². The summed E-state index contributed by atoms with van der Waals surface area (Å²) in [5.41, 5.74) is 2.32. The molecule has 5 nitrogen and oxygen atoms in total. The van der Waals surface area contributed by atoms with Gasteiger partial charge in [-0.1, -0.05) is 34.1 Å². The van der Waals surface area contributed by atoms with E-state index in [0.717, 1.165) is 4.47 Å². The van der Waals surface area contributed by atoms with Gasteiger partial charge in [0.15, 0.2) is 17.2 Å². The van der Waals surface area contributed by atoms with Gasteiger partial charge in [0.05, 0.1) is 6.61 Å². The summed E-state index contributed by atoms with van der Waals surface area (Å²) in [6.07, 6.45) is 1.63. The van der Waals surface area contributed by atoms with E-state index in [0.29, 0.717) is 34.8 Å². The molecule has 0 atom stereocenters. The Bertz CT molecular complexity index is 1200. The molecule has 0 fully saturated rings. The summed E-state index contributed by atoms with van der Waals surface area (Å²) in [4.78, 5) is 16.6. The molecule has 32 heavy (non-hydrogen) atoms. The van der Waals surface area contributed by atoms with Crippen molar-refractivity contribution >= 4 is 33.9 Å². The van der Waals surface area contributed by atoms with E-state index in [1.54, 1.807) is 36.4 Å². The molecular formula is C25H19BrFNO4. The minimum atomic E-state index is -0.521. The topological polar surface area (TPSA) is 57.1 Å². The molecule has 0 N–H and O–H groups in total. The Morgan fingerprint density at radius 3 is 2.59 bits per heavy atom. The standard InChI is InChI=1S/C25H19BrFNO4/c1-2-30-23-14-16(6-11-22(23)31-15-17-4-3-5-20(27)12-17)13-21-25(29)32-24(28-21)18-7-9-19(26)10-8-18/h3-14H,2,15H2,1H3/b21-13-. The third kappa shape index (κ3) is 5.23. The lowest BCUT2D eigenvalue weighted by molar-refractivity contribution is -0.129. The van der Waals surface area contributed by atoms with E-state index in [1.165, 1.54) is 12.1 Å². The van der Waals surface area contributed by atoms with Gasteiger partial charge in [0.25, 0.3) is 0 Å². The fourth-order valence-corrected chi connectivity index (χ4v) is 3.34. The summed E-state index contributed by atoms with van der Waals surface area (Å²) < 4.78 is 31.1. The lowest BCUT2D eigenvalue weighted by Crippen LogP contribution is -2.05. The second-order valence-electron chi connectivity index (χ2n) is 6.90. The van der Waals surface area contributed by atoms with Crippen LogP contribution in [0.3, 0.4) is 0 Å². The number of esters is 1. The molecule has 0 radical (unpaired) electrons. The lowest BCUT2D eigenvalue weighted by Gasteiger charge is -2.13. The summed E-state index contributed by atoms with van der Waals surface area (Å²) in [6.45, 7) is 2.50. The predicted octanol–water partition coefficient (Wildman–Crippen LogP) is 5.91. The molecule has 7 heteroatoms. The van der Waals surface area contributed by atoms with Gasteiger partial charge in [0.2, 0.25) is 5.90 Å². The van der Waals surface area contributed by atoms with Crippen LogP contribution < -0.4 is 9.47 Å². The molecule has 4 rings (SSSR count). The number of hydrogen-bond acceptors (Lipinski definition) is 5. The molecule has 0 aliphatic carbocycles. The zero-order valence-electron chi connectivity index (χ0n) is 17.2. The van der Waals surface area contributed by atoms with Crippen LogP contribution in [0.25, 0.3) is 6.08 Å². The van der Waals surface area contributed by atoms with Crippen molar-refractivity contribution < 1.29 is 23.4 Å². The Morgan fingerprint density at radius 1 is 1.03 bits per heavy atom. The second-order valence-corrected chi connectivity index (χ2v) is 7.82. The number of carbonyl (C=O) groups is 1. The van der Waals surface area contributed by atoms with Crippen LogP contribution in [0.5, 0.6) is 11.5 Å². The Hall–Kier alpha value is -3.45. The fourth-order valence-electron chi connectivity index (χ4n) is 3.07. The number of rotatable bonds is 7. The van der Waals surface area contributed by atoms with Crippen molar-refractivity contribution in [3.05, 3.63) is 99.4 Å². The van der Waals surface area contributed by atoms with Crippen molar-refractivity contribution in [2.75, 3.05) is 6.61 Å². The van der Waals surface area contributed by atoms with E-state index in [-0.39, 0.29) is 24.0 Å². The number of hydrogen-bond donors (Lipinski definition) is 0. The van der Waals surface area contributed by atoms with Gasteiger partial charge in [0.1, 0.15) is 12.4 Å². The van der Waals surface area contributed by atoms with E-state index in [9.17, 15) is 9.18 Å². The fraction of sp³-hybridized carbons (Fsp3) is 0.120. The minimum Gasteiger partial charge on any atom is -0.490 e. The molecular weight excluding hydrogens is 477 g/mol. The first-order valence-electron chi connectivity index (χ1n) is 9.94. The van der Waals surface area contributed by atoms with Crippen LogP contribution in [0.1, 0.15) is 23.6 Å². The molecule has 0 spiro atoms. The third-order valence-corrected chi connectivity index (χ3v) is 5.09. The number of nitrogens with zero attached hydrogens (tertiary/aromatic N) is 1. The van der Waals surface area contributed by atoms with E-state index in [4.69, 9.17) is 14.2 Å². The summed E-state index contributed by atoms with van der Waals surface area (Å²) in [6, 6.07) is 18.9. The van der Waals surface area contributed by atoms with Crippen LogP contribution in [0.2, 0.25) is 0 Å². The Kier molecular flexibility index (Phi) is 6.66. The van der Waals surface area contributed by atoms with Crippen LogP contribution in [0.4, 0.5) is 4.39 Å². The largest absolute Gasteiger partial charge is 0.490 e. The third-order valence-electron chi connectivity index (χ3n) is 4.57. The van der Waals surface area contributed by atoms with Gasteiger partial charge >= 0.3 is 5.97 Å². The summed E-state index contributed by atoms with van der Waals surface area (Å²) >= 11 is 3.38. The van der Waals surface area contributed by atoms with Crippen molar-refractivity contribution in [1.82, 2.24) is 0 Å². The van der Waals surface area contributed by atoms with Gasteiger partial charge < -0.3 is 14.2 Å². The first kappa shape index (κ1) is 21.8. The Balaban J connectivity index is 1.55. The maximum absolute atomic E-state index is 13.4. The van der Waals surface area contributed by atoms with Crippen molar-refractivity contribution in [3.8, 4) is 11.5 Å². The molecule has 0 saturated carbocycles. The number of aliphatic imine (C=N–C) groups is 1. The highest BCUT2D eigenvalue weighted by Gasteiger charge is 2.24. The molecule has 0 amide bonds. The van der Waals surface area contributed by atoms with E-state index in [1.807, 2.05) is 31.2 Å². The maximum Gasteiger partial charge on any atom is 0.363 e. The average molecular weight is 496 g/mol. The molecule has 0 saturated heterocycles. The first-order valence-corrected chi connectivity index (χ1v) is 10.7. The smallest absolute Gasteiger partial charge is 0.363 e. The molecule has 0 bridgehead atoms. The van der Waals surface area contributed by atoms with Crippen LogP contribution in [0, 0.1) is 5.82 Å². The predicted molar refractivity (Wildman–Crippen MR) is 123 cm³/mol. The van der Waals surface area contributed by atoms with Crippen LogP contribution in [-0.4, -0.2) is 18.5 Å². The summed E-state index contributed by atoms with van der Waals surface area (Å²) in [7, 11) is 0. The van der Waals surface area contributed by atoms with Crippen LogP contribution >= 0.6 is 15.9 Å². The van der Waals surface area contributed by atoms with Gasteiger partial charge in [0, 0.05) is 10.0 Å². The Labute approximate surface area is 193 Å². The zero-order valence-corrected chi connectivity index (χ0v) is 18.8. The van der Waals surface area contributed by atoms with Crippen molar-refractivity contribution in [3.63, 3.8) is 0 Å². The average Bonchev–Trinajstić information content (AvgIpc) is 3.14. The van der Waals surface area contributed by atoms with Gasteiger partial charge in [-0.2, -0.15) is 0 Å². The number of benzene rings is 3. The van der Waals surface area contributed by atoms with Gasteiger partial charge in [-0.05, 0) is 72.7 Å². The Morgan fingerprint density at radius 2 is 1.84 bits per heavy atom. The van der Waals surface area contributed by atoms with Crippen molar-refractivity contribution in [2.24, 2.45) is 4.99 Å². The highest BCUT2D eigenvalue weighted by atomic mass is 79.9. The highest BCUT2D eigenvalue weighted by molar-refractivity contribution is 9.10. The summed E-state index contributed by atoms with van der Waals surface area (Å²) in [5.74, 6) is 0.457. The van der Waals surface area contributed by atoms with E-state index >= 15 is 0 Å². The summed E-state index contributed by atoms with van der Waals surface area (Å²) in [5, 5.41) is 0. The molecule has 0 unspecified atom stereocenters. The zero-order chi connectivity index (χ0) is 22.5. The van der Waals surface area contributed by atoms with Crippen molar-refractivity contribution in [1.29, 1.82) is 0 Å². The highest BCUT2D eigenvalue weighted by Crippen LogP contribution is 2.31. The SMILES string of the molecule is CCOc1cc(/C=C2\N=C(c3ccc(Br)cc3)OC2=O)ccc1OCc1cccc(F)c1. The van der Waals surface area contributed by atoms with Crippen LogP contribution in [0.15, 0.2) is 81.9 Å². The van der Waals surface area contributed by atoms with E-state index in [2.05, 4.69) is 20.9 Å². The van der Waals surface area contributed by atoms with Gasteiger partial charge in [-0.3, -0.25) is 0 Å². The minimum absolute atomic E-state index is 0.193. The number of carbonyl (C=O) groups excluding carboxylic acids is 1. The normalized spacial score (nSPS) is 14.3. The second kappa shape index (κ2) is 9.78. The first-order chi connectivity index (χ1) is 15.5. The van der Waals surface area contributed by atoms with Crippen molar-refractivity contribution in [2.45, 2.75) is 13.5 Å². The van der Waals surface area contributed by atoms with E-state index < -0.39 is 5.97 Å². The maximum atomic E-state index is 13.4. The monoisotopic (exact) mass is 495 g/mol. The number of ether oxygens (including phenoxy) is 3. The molecule has 162 valence electrons. The molecule has 3 aromatic carbocycles. The molecule has 1 heterocycles. The molecule has 1 aliphatic rings. The molecule has 3 aromatic rings. The molecule has 0 aromatic heterocycles.